The predicted octanol–water partition coefficient (Wildman–Crippen LogP) is 2.75. The fourth-order valence-corrected chi connectivity index (χ4v) is 6.29. The van der Waals surface area contributed by atoms with Crippen molar-refractivity contribution in [2.24, 2.45) is 0 Å². The average Bonchev–Trinajstić information content (AvgIpc) is 2.69. The van der Waals surface area contributed by atoms with Crippen LogP contribution >= 0.6 is 23.2 Å². The van der Waals surface area contributed by atoms with E-state index >= 15 is 0 Å². The molecule has 0 spiro atoms. The molecule has 0 atom stereocenters. The Labute approximate surface area is 194 Å². The standard InChI is InChI=1S/C22H27Cl2N3O3S/c1-14-11-15(2)17(4)22(16(14)3)31(29,30)27-9-7-26(8-10-27)13-21(28)25-20-12-18(23)5-6-19(20)24/h5-6,11-12H,7-10,13H2,1-4H3,(H,25,28)/p+1. The van der Waals surface area contributed by atoms with E-state index in [-0.39, 0.29) is 12.5 Å². The minimum atomic E-state index is -3.59. The number of nitrogens with zero attached hydrogens (tertiary/aromatic N) is 1. The molecule has 9 heteroatoms. The molecule has 1 saturated heterocycles. The van der Waals surface area contributed by atoms with Crippen molar-refractivity contribution in [1.82, 2.24) is 4.31 Å². The number of aryl methyl sites for hydroxylation is 2. The van der Waals surface area contributed by atoms with Crippen molar-refractivity contribution >= 4 is 44.8 Å². The number of piperazine rings is 1. The number of carbonyl (C=O) groups excluding carboxylic acids is 1. The zero-order valence-corrected chi connectivity index (χ0v) is 20.5. The number of quaternary nitrogens is 1. The van der Waals surface area contributed by atoms with E-state index in [1.807, 2.05) is 33.8 Å². The minimum Gasteiger partial charge on any atom is -0.325 e. The molecule has 0 aliphatic carbocycles. The summed E-state index contributed by atoms with van der Waals surface area (Å²) in [6.45, 7) is 9.68. The summed E-state index contributed by atoms with van der Waals surface area (Å²) in [5, 5.41) is 3.69. The molecule has 1 amide bonds. The molecule has 1 fully saturated rings. The molecule has 2 aromatic carbocycles. The Bertz CT molecular complexity index is 1090. The van der Waals surface area contributed by atoms with Crippen LogP contribution in [0.1, 0.15) is 22.3 Å². The Morgan fingerprint density at radius 1 is 1.03 bits per heavy atom. The number of benzene rings is 2. The summed E-state index contributed by atoms with van der Waals surface area (Å²) in [6.07, 6.45) is 0. The van der Waals surface area contributed by atoms with E-state index in [1.165, 1.54) is 4.31 Å². The molecular weight excluding hydrogens is 457 g/mol. The van der Waals surface area contributed by atoms with Crippen molar-refractivity contribution < 1.29 is 18.1 Å². The molecule has 0 unspecified atom stereocenters. The van der Waals surface area contributed by atoms with Gasteiger partial charge in [0.15, 0.2) is 6.54 Å². The SMILES string of the molecule is Cc1cc(C)c(C)c(S(=O)(=O)N2CC[NH+](CC(=O)Nc3cc(Cl)ccc3Cl)CC2)c1C. The molecule has 1 aliphatic rings. The van der Waals surface area contributed by atoms with Gasteiger partial charge in [-0.25, -0.2) is 8.42 Å². The molecule has 1 heterocycles. The van der Waals surface area contributed by atoms with Gasteiger partial charge in [-0.3, -0.25) is 4.79 Å². The molecule has 31 heavy (non-hydrogen) atoms. The number of rotatable bonds is 5. The van der Waals surface area contributed by atoms with E-state index in [9.17, 15) is 13.2 Å². The van der Waals surface area contributed by atoms with E-state index in [0.717, 1.165) is 27.2 Å². The lowest BCUT2D eigenvalue weighted by Crippen LogP contribution is -3.15. The van der Waals surface area contributed by atoms with Crippen molar-refractivity contribution in [2.45, 2.75) is 32.6 Å². The summed E-state index contributed by atoms with van der Waals surface area (Å²) in [4.78, 5) is 13.9. The number of hydrogen-bond acceptors (Lipinski definition) is 3. The van der Waals surface area contributed by atoms with Gasteiger partial charge in [0.25, 0.3) is 5.91 Å². The molecule has 1 aliphatic heterocycles. The van der Waals surface area contributed by atoms with Crippen LogP contribution in [0.25, 0.3) is 0 Å². The third kappa shape index (κ3) is 5.23. The zero-order valence-electron chi connectivity index (χ0n) is 18.2. The van der Waals surface area contributed by atoms with E-state index < -0.39 is 10.0 Å². The smallest absolute Gasteiger partial charge is 0.279 e. The Hall–Kier alpha value is -1.64. The number of anilines is 1. The highest BCUT2D eigenvalue weighted by atomic mass is 35.5. The van der Waals surface area contributed by atoms with Crippen LogP contribution in [0.2, 0.25) is 10.0 Å². The highest BCUT2D eigenvalue weighted by Crippen LogP contribution is 2.29. The number of hydrogen-bond donors (Lipinski definition) is 2. The van der Waals surface area contributed by atoms with Crippen LogP contribution in [0.4, 0.5) is 5.69 Å². The van der Waals surface area contributed by atoms with Gasteiger partial charge in [-0.1, -0.05) is 29.3 Å². The number of nitrogens with one attached hydrogen (secondary N) is 2. The Balaban J connectivity index is 1.66. The lowest BCUT2D eigenvalue weighted by molar-refractivity contribution is -0.895. The quantitative estimate of drug-likeness (QED) is 0.685. The second kappa shape index (κ2) is 9.46. The lowest BCUT2D eigenvalue weighted by atomic mass is 10.0. The summed E-state index contributed by atoms with van der Waals surface area (Å²) in [6, 6.07) is 6.92. The predicted molar refractivity (Wildman–Crippen MR) is 125 cm³/mol. The first-order chi connectivity index (χ1) is 14.5. The van der Waals surface area contributed by atoms with Gasteiger partial charge in [-0.2, -0.15) is 4.31 Å². The van der Waals surface area contributed by atoms with Crippen LogP contribution in [0, 0.1) is 27.7 Å². The highest BCUT2D eigenvalue weighted by Gasteiger charge is 2.33. The molecular formula is C22H28Cl2N3O3S+. The van der Waals surface area contributed by atoms with Gasteiger partial charge in [0.2, 0.25) is 10.0 Å². The van der Waals surface area contributed by atoms with Gasteiger partial charge in [0, 0.05) is 5.02 Å². The van der Waals surface area contributed by atoms with E-state index in [1.54, 1.807) is 18.2 Å². The van der Waals surface area contributed by atoms with Gasteiger partial charge in [0.05, 0.1) is 41.8 Å². The second-order valence-corrected chi connectivity index (χ2v) is 10.8. The molecule has 2 aromatic rings. The van der Waals surface area contributed by atoms with Crippen LogP contribution in [-0.4, -0.2) is 51.4 Å². The van der Waals surface area contributed by atoms with Crippen molar-refractivity contribution in [3.05, 3.63) is 56.6 Å². The summed E-state index contributed by atoms with van der Waals surface area (Å²) >= 11 is 12.1. The molecule has 3 rings (SSSR count). The van der Waals surface area contributed by atoms with Crippen molar-refractivity contribution in [3.63, 3.8) is 0 Å². The average molecular weight is 485 g/mol. The highest BCUT2D eigenvalue weighted by molar-refractivity contribution is 7.89. The molecule has 6 nitrogen and oxygen atoms in total. The summed E-state index contributed by atoms with van der Waals surface area (Å²) < 4.78 is 28.3. The Morgan fingerprint density at radius 3 is 2.19 bits per heavy atom. The summed E-state index contributed by atoms with van der Waals surface area (Å²) in [5.41, 5.74) is 4.02. The molecule has 0 saturated carbocycles. The third-order valence-electron chi connectivity index (χ3n) is 5.94. The maximum atomic E-state index is 13.4. The van der Waals surface area contributed by atoms with E-state index in [0.29, 0.717) is 46.8 Å². The monoisotopic (exact) mass is 484 g/mol. The zero-order chi connectivity index (χ0) is 22.9. The molecule has 0 radical (unpaired) electrons. The fraction of sp³-hybridized carbons (Fsp3) is 0.409. The fourth-order valence-electron chi connectivity index (χ4n) is 3.93. The molecule has 0 aromatic heterocycles. The number of amides is 1. The van der Waals surface area contributed by atoms with Crippen LogP contribution in [0.5, 0.6) is 0 Å². The number of sulfonamides is 1. The second-order valence-electron chi connectivity index (χ2n) is 8.09. The van der Waals surface area contributed by atoms with Crippen molar-refractivity contribution in [1.29, 1.82) is 0 Å². The normalized spacial score (nSPS) is 15.8. The number of halogens is 2. The summed E-state index contributed by atoms with van der Waals surface area (Å²) in [5.74, 6) is -0.184. The first-order valence-corrected chi connectivity index (χ1v) is 12.4. The van der Waals surface area contributed by atoms with Crippen molar-refractivity contribution in [2.75, 3.05) is 38.0 Å². The van der Waals surface area contributed by atoms with E-state index in [4.69, 9.17) is 23.2 Å². The minimum absolute atomic E-state index is 0.184. The van der Waals surface area contributed by atoms with Gasteiger partial charge >= 0.3 is 0 Å². The largest absolute Gasteiger partial charge is 0.325 e. The summed E-state index contributed by atoms with van der Waals surface area (Å²) in [7, 11) is -3.59. The Kier molecular flexibility index (Phi) is 7.33. The topological polar surface area (TPSA) is 70.9 Å². The van der Waals surface area contributed by atoms with Crippen molar-refractivity contribution in [3.8, 4) is 0 Å². The van der Waals surface area contributed by atoms with Crippen LogP contribution in [0.3, 0.4) is 0 Å². The first kappa shape index (κ1) is 24.0. The van der Waals surface area contributed by atoms with Gasteiger partial charge in [0.1, 0.15) is 0 Å². The van der Waals surface area contributed by atoms with Crippen LogP contribution in [0.15, 0.2) is 29.2 Å². The van der Waals surface area contributed by atoms with Crippen LogP contribution in [-0.2, 0) is 14.8 Å². The molecule has 168 valence electrons. The third-order valence-corrected chi connectivity index (χ3v) is 8.68. The van der Waals surface area contributed by atoms with E-state index in [2.05, 4.69) is 5.32 Å². The van der Waals surface area contributed by atoms with Crippen LogP contribution < -0.4 is 10.2 Å². The first-order valence-electron chi connectivity index (χ1n) is 10.2. The Morgan fingerprint density at radius 2 is 1.61 bits per heavy atom. The lowest BCUT2D eigenvalue weighted by Gasteiger charge is -2.32. The molecule has 0 bridgehead atoms. The van der Waals surface area contributed by atoms with Gasteiger partial charge in [-0.05, 0) is 68.1 Å². The molecule has 2 N–H and O–H groups in total. The van der Waals surface area contributed by atoms with Gasteiger partial charge < -0.3 is 10.2 Å². The maximum absolute atomic E-state index is 13.4. The number of carbonyl (C=O) groups is 1. The van der Waals surface area contributed by atoms with Gasteiger partial charge in [-0.15, -0.1) is 0 Å². The maximum Gasteiger partial charge on any atom is 0.279 e.